The van der Waals surface area contributed by atoms with Gasteiger partial charge >= 0.3 is 0 Å². The van der Waals surface area contributed by atoms with E-state index in [0.717, 1.165) is 17.7 Å². The van der Waals surface area contributed by atoms with Gasteiger partial charge in [0.15, 0.2) is 0 Å². The lowest BCUT2D eigenvalue weighted by atomic mass is 9.91. The lowest BCUT2D eigenvalue weighted by Crippen LogP contribution is -2.24. The van der Waals surface area contributed by atoms with Crippen LogP contribution in [0.25, 0.3) is 0 Å². The first-order chi connectivity index (χ1) is 9.06. The number of rotatable bonds is 5. The zero-order valence-electron chi connectivity index (χ0n) is 11.6. The molecule has 0 radical (unpaired) electrons. The molecule has 1 unspecified atom stereocenters. The van der Waals surface area contributed by atoms with E-state index in [9.17, 15) is 5.11 Å². The minimum Gasteiger partial charge on any atom is -0.496 e. The molecule has 0 saturated carbocycles. The summed E-state index contributed by atoms with van der Waals surface area (Å²) in [5, 5.41) is 10.8. The zero-order valence-corrected chi connectivity index (χ0v) is 12.5. The van der Waals surface area contributed by atoms with E-state index in [4.69, 9.17) is 4.74 Å². The zero-order chi connectivity index (χ0) is 13.9. The van der Waals surface area contributed by atoms with Gasteiger partial charge in [0.05, 0.1) is 12.7 Å². The Bertz CT molecular complexity index is 543. The van der Waals surface area contributed by atoms with E-state index in [0.29, 0.717) is 6.42 Å². The van der Waals surface area contributed by atoms with Gasteiger partial charge in [-0.25, -0.2) is 0 Å². The largest absolute Gasteiger partial charge is 0.496 e. The first kappa shape index (κ1) is 14.1. The van der Waals surface area contributed by atoms with E-state index in [1.54, 1.807) is 18.4 Å². The summed E-state index contributed by atoms with van der Waals surface area (Å²) in [6.45, 7) is 3.99. The number of para-hydroxylation sites is 1. The predicted octanol–water partition coefficient (Wildman–Crippen LogP) is 3.77. The second-order valence-corrected chi connectivity index (χ2v) is 6.13. The highest BCUT2D eigenvalue weighted by Crippen LogP contribution is 2.34. The molecule has 2 nitrogen and oxygen atoms in total. The Balaban J connectivity index is 2.26. The fraction of sp³-hybridized carbons (Fsp3) is 0.375. The second kappa shape index (κ2) is 5.76. The van der Waals surface area contributed by atoms with E-state index in [2.05, 4.69) is 19.1 Å². The molecule has 19 heavy (non-hydrogen) atoms. The molecule has 1 heterocycles. The van der Waals surface area contributed by atoms with Gasteiger partial charge in [0, 0.05) is 21.7 Å². The van der Waals surface area contributed by atoms with E-state index >= 15 is 0 Å². The third-order valence-electron chi connectivity index (χ3n) is 3.27. The van der Waals surface area contributed by atoms with Gasteiger partial charge in [-0.15, -0.1) is 11.3 Å². The minimum atomic E-state index is -0.914. The van der Waals surface area contributed by atoms with Gasteiger partial charge in [-0.2, -0.15) is 0 Å². The second-order valence-electron chi connectivity index (χ2n) is 4.87. The summed E-state index contributed by atoms with van der Waals surface area (Å²) in [4.78, 5) is 2.55. The fourth-order valence-corrected chi connectivity index (χ4v) is 3.34. The molecule has 2 rings (SSSR count). The number of hydrogen-bond acceptors (Lipinski definition) is 3. The van der Waals surface area contributed by atoms with Crippen molar-refractivity contribution >= 4 is 11.3 Å². The topological polar surface area (TPSA) is 29.5 Å². The lowest BCUT2D eigenvalue weighted by Gasteiger charge is -2.25. The van der Waals surface area contributed by atoms with Crippen LogP contribution in [0.3, 0.4) is 0 Å². The molecule has 1 aromatic heterocycles. The van der Waals surface area contributed by atoms with Gasteiger partial charge in [0.25, 0.3) is 0 Å². The highest BCUT2D eigenvalue weighted by Gasteiger charge is 2.27. The molecule has 1 aromatic carbocycles. The van der Waals surface area contributed by atoms with E-state index in [1.165, 1.54) is 9.75 Å². The first-order valence-corrected chi connectivity index (χ1v) is 7.32. The number of methoxy groups -OCH3 is 1. The van der Waals surface area contributed by atoms with Crippen LogP contribution in [-0.4, -0.2) is 12.2 Å². The Morgan fingerprint density at radius 1 is 1.16 bits per heavy atom. The molecule has 1 atom stereocenters. The normalized spacial score (nSPS) is 14.1. The maximum absolute atomic E-state index is 10.8. The Morgan fingerprint density at radius 3 is 2.47 bits per heavy atom. The monoisotopic (exact) mass is 276 g/mol. The van der Waals surface area contributed by atoms with Crippen molar-refractivity contribution in [3.63, 3.8) is 0 Å². The van der Waals surface area contributed by atoms with Gasteiger partial charge < -0.3 is 9.84 Å². The summed E-state index contributed by atoms with van der Waals surface area (Å²) in [6, 6.07) is 11.9. The van der Waals surface area contributed by atoms with E-state index in [-0.39, 0.29) is 0 Å². The van der Waals surface area contributed by atoms with Crippen LogP contribution in [0.15, 0.2) is 36.4 Å². The van der Waals surface area contributed by atoms with Crippen LogP contribution in [0.5, 0.6) is 5.75 Å². The maximum Gasteiger partial charge on any atom is 0.124 e. The average Bonchev–Trinajstić information content (AvgIpc) is 2.85. The van der Waals surface area contributed by atoms with Crippen LogP contribution in [0.2, 0.25) is 0 Å². The minimum absolute atomic E-state index is 0.609. The van der Waals surface area contributed by atoms with Crippen molar-refractivity contribution in [2.24, 2.45) is 0 Å². The first-order valence-electron chi connectivity index (χ1n) is 6.50. The summed E-state index contributed by atoms with van der Waals surface area (Å²) < 4.78 is 5.34. The summed E-state index contributed by atoms with van der Waals surface area (Å²) in [7, 11) is 1.63. The molecule has 0 spiro atoms. The maximum atomic E-state index is 10.8. The molecule has 2 aromatic rings. The van der Waals surface area contributed by atoms with E-state index < -0.39 is 5.60 Å². The van der Waals surface area contributed by atoms with Crippen molar-refractivity contribution in [2.45, 2.75) is 32.3 Å². The van der Waals surface area contributed by atoms with Gasteiger partial charge in [-0.05, 0) is 31.5 Å². The Kier molecular flexibility index (Phi) is 4.27. The molecular weight excluding hydrogens is 256 g/mol. The predicted molar refractivity (Wildman–Crippen MR) is 80.0 cm³/mol. The third kappa shape index (κ3) is 3.17. The van der Waals surface area contributed by atoms with Crippen LogP contribution in [-0.2, 0) is 18.4 Å². The quantitative estimate of drug-likeness (QED) is 0.900. The molecule has 3 heteroatoms. The third-order valence-corrected chi connectivity index (χ3v) is 4.50. The Hall–Kier alpha value is -1.32. The van der Waals surface area contributed by atoms with Crippen molar-refractivity contribution < 1.29 is 9.84 Å². The highest BCUT2D eigenvalue weighted by atomic mass is 32.1. The summed E-state index contributed by atoms with van der Waals surface area (Å²) in [6.07, 6.45) is 1.65. The van der Waals surface area contributed by atoms with Crippen molar-refractivity contribution in [1.29, 1.82) is 0 Å². The number of hydrogen-bond donors (Lipinski definition) is 1. The van der Waals surface area contributed by atoms with Crippen LogP contribution >= 0.6 is 11.3 Å². The standard InChI is InChI=1S/C16H20O2S/c1-4-12-9-10-13(19-12)11-16(2,17)14-7-5-6-8-15(14)18-3/h5-10,17H,4,11H2,1-3H3. The average molecular weight is 276 g/mol. The van der Waals surface area contributed by atoms with Crippen molar-refractivity contribution in [2.75, 3.05) is 7.11 Å². The SMILES string of the molecule is CCc1ccc(CC(C)(O)c2ccccc2OC)s1. The van der Waals surface area contributed by atoms with Gasteiger partial charge in [0.2, 0.25) is 0 Å². The van der Waals surface area contributed by atoms with Crippen LogP contribution in [0, 0.1) is 0 Å². The Labute approximate surface area is 118 Å². The molecule has 0 bridgehead atoms. The molecule has 0 saturated heterocycles. The number of aryl methyl sites for hydroxylation is 1. The van der Waals surface area contributed by atoms with Crippen LogP contribution < -0.4 is 4.74 Å². The smallest absolute Gasteiger partial charge is 0.124 e. The van der Waals surface area contributed by atoms with Crippen molar-refractivity contribution in [3.8, 4) is 5.75 Å². The molecule has 0 aliphatic rings. The number of thiophene rings is 1. The number of benzene rings is 1. The van der Waals surface area contributed by atoms with Crippen LogP contribution in [0.4, 0.5) is 0 Å². The summed E-state index contributed by atoms with van der Waals surface area (Å²) in [5.41, 5.74) is -0.0772. The molecule has 0 aliphatic carbocycles. The highest BCUT2D eigenvalue weighted by molar-refractivity contribution is 7.12. The van der Waals surface area contributed by atoms with E-state index in [1.807, 2.05) is 31.2 Å². The lowest BCUT2D eigenvalue weighted by molar-refractivity contribution is 0.0558. The molecule has 0 amide bonds. The molecular formula is C16H20O2S. The molecule has 102 valence electrons. The number of ether oxygens (including phenoxy) is 1. The fourth-order valence-electron chi connectivity index (χ4n) is 2.23. The molecule has 0 aliphatic heterocycles. The summed E-state index contributed by atoms with van der Waals surface area (Å²) in [5.74, 6) is 0.736. The molecule has 0 fully saturated rings. The van der Waals surface area contributed by atoms with Gasteiger partial charge in [-0.1, -0.05) is 25.1 Å². The van der Waals surface area contributed by atoms with Crippen molar-refractivity contribution in [1.82, 2.24) is 0 Å². The molecule has 1 N–H and O–H groups in total. The van der Waals surface area contributed by atoms with Gasteiger partial charge in [-0.3, -0.25) is 0 Å². The van der Waals surface area contributed by atoms with Gasteiger partial charge in [0.1, 0.15) is 5.75 Å². The van der Waals surface area contributed by atoms with Crippen molar-refractivity contribution in [3.05, 3.63) is 51.7 Å². The Morgan fingerprint density at radius 2 is 1.84 bits per heavy atom. The van der Waals surface area contributed by atoms with Crippen LogP contribution in [0.1, 0.15) is 29.2 Å². The summed E-state index contributed by atoms with van der Waals surface area (Å²) >= 11 is 1.77. The number of aliphatic hydroxyl groups is 1.